The summed E-state index contributed by atoms with van der Waals surface area (Å²) in [5.74, 6) is 0. The molecule has 1 amide bonds. The van der Waals surface area contributed by atoms with Gasteiger partial charge in [-0.25, -0.2) is 4.79 Å². The SMILES string of the molecule is CC(C)(C)OC(=O)N1CC=C(c2ccc(C(C)(C)C)cn2)CC1. The van der Waals surface area contributed by atoms with Gasteiger partial charge in [0.25, 0.3) is 0 Å². The molecule has 0 N–H and O–H groups in total. The van der Waals surface area contributed by atoms with Gasteiger partial charge in [-0.15, -0.1) is 0 Å². The Kier molecular flexibility index (Phi) is 4.83. The smallest absolute Gasteiger partial charge is 0.410 e. The Morgan fingerprint density at radius 1 is 1.17 bits per heavy atom. The molecule has 0 spiro atoms. The Hall–Kier alpha value is -1.84. The van der Waals surface area contributed by atoms with Crippen LogP contribution >= 0.6 is 0 Å². The highest BCUT2D eigenvalue weighted by Gasteiger charge is 2.24. The second-order valence-electron chi connectivity index (χ2n) is 8.09. The minimum absolute atomic E-state index is 0.111. The molecule has 0 radical (unpaired) electrons. The first-order valence-electron chi connectivity index (χ1n) is 8.20. The van der Waals surface area contributed by atoms with Crippen LogP contribution in [-0.2, 0) is 10.2 Å². The van der Waals surface area contributed by atoms with Crippen LogP contribution in [0.5, 0.6) is 0 Å². The summed E-state index contributed by atoms with van der Waals surface area (Å²) < 4.78 is 5.41. The first-order chi connectivity index (χ1) is 10.6. The molecule has 0 saturated heterocycles. The average Bonchev–Trinajstić information content (AvgIpc) is 2.45. The summed E-state index contributed by atoms with van der Waals surface area (Å²) in [7, 11) is 0. The quantitative estimate of drug-likeness (QED) is 0.771. The van der Waals surface area contributed by atoms with Gasteiger partial charge in [-0.3, -0.25) is 4.98 Å². The van der Waals surface area contributed by atoms with Gasteiger partial charge in [0.05, 0.1) is 5.69 Å². The van der Waals surface area contributed by atoms with Gasteiger partial charge in [0.15, 0.2) is 0 Å². The van der Waals surface area contributed by atoms with Gasteiger partial charge >= 0.3 is 6.09 Å². The highest BCUT2D eigenvalue weighted by atomic mass is 16.6. The zero-order valence-electron chi connectivity index (χ0n) is 15.1. The van der Waals surface area contributed by atoms with Crippen LogP contribution in [0.1, 0.15) is 59.2 Å². The van der Waals surface area contributed by atoms with Gasteiger partial charge in [-0.05, 0) is 49.8 Å². The van der Waals surface area contributed by atoms with Crippen molar-refractivity contribution >= 4 is 11.7 Å². The van der Waals surface area contributed by atoms with Gasteiger partial charge < -0.3 is 9.64 Å². The fourth-order valence-corrected chi connectivity index (χ4v) is 2.42. The number of carbonyl (C=O) groups is 1. The highest BCUT2D eigenvalue weighted by molar-refractivity contribution is 5.71. The maximum Gasteiger partial charge on any atom is 0.410 e. The van der Waals surface area contributed by atoms with Crippen LogP contribution in [0.15, 0.2) is 24.4 Å². The maximum absolute atomic E-state index is 12.1. The highest BCUT2D eigenvalue weighted by Crippen LogP contribution is 2.25. The molecule has 126 valence electrons. The minimum atomic E-state index is -0.453. The van der Waals surface area contributed by atoms with Crippen LogP contribution in [0.4, 0.5) is 4.79 Å². The van der Waals surface area contributed by atoms with E-state index in [1.54, 1.807) is 4.90 Å². The molecule has 1 aromatic rings. The summed E-state index contributed by atoms with van der Waals surface area (Å²) in [5.41, 5.74) is 3.09. The third kappa shape index (κ3) is 4.81. The van der Waals surface area contributed by atoms with Crippen LogP contribution in [0.25, 0.3) is 5.57 Å². The number of pyridine rings is 1. The summed E-state index contributed by atoms with van der Waals surface area (Å²) in [5, 5.41) is 0. The number of carbonyl (C=O) groups excluding carboxylic acids is 1. The van der Waals surface area contributed by atoms with Crippen LogP contribution in [-0.4, -0.2) is 34.7 Å². The van der Waals surface area contributed by atoms with Crippen LogP contribution in [0.3, 0.4) is 0 Å². The van der Waals surface area contributed by atoms with E-state index >= 15 is 0 Å². The van der Waals surface area contributed by atoms with E-state index in [1.165, 1.54) is 11.1 Å². The zero-order chi connectivity index (χ0) is 17.3. The molecule has 0 aromatic carbocycles. The van der Waals surface area contributed by atoms with Crippen molar-refractivity contribution in [3.05, 3.63) is 35.7 Å². The molecule has 1 aliphatic rings. The van der Waals surface area contributed by atoms with Crippen molar-refractivity contribution in [3.8, 4) is 0 Å². The molecule has 4 heteroatoms. The molecule has 2 rings (SSSR count). The molecule has 1 aliphatic heterocycles. The number of hydrogen-bond acceptors (Lipinski definition) is 3. The van der Waals surface area contributed by atoms with Crippen molar-refractivity contribution in [2.45, 2.75) is 59.0 Å². The van der Waals surface area contributed by atoms with E-state index in [1.807, 2.05) is 27.0 Å². The molecule has 0 atom stereocenters. The topological polar surface area (TPSA) is 42.4 Å². The Bertz CT molecular complexity index is 589. The summed E-state index contributed by atoms with van der Waals surface area (Å²) in [6.45, 7) is 13.5. The number of aromatic nitrogens is 1. The number of nitrogens with zero attached hydrogens (tertiary/aromatic N) is 2. The van der Waals surface area contributed by atoms with E-state index in [2.05, 4.69) is 44.0 Å². The van der Waals surface area contributed by atoms with Crippen LogP contribution in [0, 0.1) is 0 Å². The number of ether oxygens (including phenoxy) is 1. The van der Waals surface area contributed by atoms with Crippen molar-refractivity contribution < 1.29 is 9.53 Å². The van der Waals surface area contributed by atoms with Gasteiger partial charge in [0.1, 0.15) is 5.60 Å². The lowest BCUT2D eigenvalue weighted by Crippen LogP contribution is -2.39. The van der Waals surface area contributed by atoms with E-state index in [-0.39, 0.29) is 11.5 Å². The Labute approximate surface area is 139 Å². The van der Waals surface area contributed by atoms with Crippen molar-refractivity contribution in [3.63, 3.8) is 0 Å². The third-order valence-corrected chi connectivity index (χ3v) is 3.82. The standard InChI is InChI=1S/C19H28N2O2/c1-18(2,3)15-7-8-16(20-13-15)14-9-11-21(12-10-14)17(22)23-19(4,5)6/h7-9,13H,10-12H2,1-6H3. The Morgan fingerprint density at radius 2 is 1.87 bits per heavy atom. The average molecular weight is 316 g/mol. The fraction of sp³-hybridized carbons (Fsp3) is 0.579. The van der Waals surface area contributed by atoms with Gasteiger partial charge in [0, 0.05) is 19.3 Å². The molecular formula is C19H28N2O2. The van der Waals surface area contributed by atoms with E-state index < -0.39 is 5.60 Å². The second kappa shape index (κ2) is 6.34. The molecule has 2 heterocycles. The molecular weight excluding hydrogens is 288 g/mol. The molecule has 23 heavy (non-hydrogen) atoms. The van der Waals surface area contributed by atoms with Crippen LogP contribution in [0.2, 0.25) is 0 Å². The molecule has 4 nitrogen and oxygen atoms in total. The molecule has 0 fully saturated rings. The van der Waals surface area contributed by atoms with Crippen molar-refractivity contribution in [1.82, 2.24) is 9.88 Å². The number of amides is 1. The normalized spacial score (nSPS) is 16.1. The van der Waals surface area contributed by atoms with E-state index in [0.717, 1.165) is 12.1 Å². The lowest BCUT2D eigenvalue weighted by atomic mass is 9.88. The van der Waals surface area contributed by atoms with Gasteiger partial charge in [0.2, 0.25) is 0 Å². The zero-order valence-corrected chi connectivity index (χ0v) is 15.1. The van der Waals surface area contributed by atoms with Crippen molar-refractivity contribution in [1.29, 1.82) is 0 Å². The van der Waals surface area contributed by atoms with Gasteiger partial charge in [-0.1, -0.05) is 32.9 Å². The first kappa shape index (κ1) is 17.5. The number of hydrogen-bond donors (Lipinski definition) is 0. The van der Waals surface area contributed by atoms with Crippen molar-refractivity contribution in [2.24, 2.45) is 0 Å². The summed E-state index contributed by atoms with van der Waals surface area (Å²) in [6.07, 6.45) is 4.59. The fourth-order valence-electron chi connectivity index (χ4n) is 2.42. The van der Waals surface area contributed by atoms with Crippen LogP contribution < -0.4 is 0 Å². The van der Waals surface area contributed by atoms with Crippen molar-refractivity contribution in [2.75, 3.05) is 13.1 Å². The monoisotopic (exact) mass is 316 g/mol. The molecule has 1 aromatic heterocycles. The Balaban J connectivity index is 2.03. The Morgan fingerprint density at radius 3 is 2.30 bits per heavy atom. The summed E-state index contributed by atoms with van der Waals surface area (Å²) in [6, 6.07) is 4.22. The molecule has 0 saturated carbocycles. The molecule has 0 unspecified atom stereocenters. The largest absolute Gasteiger partial charge is 0.444 e. The van der Waals surface area contributed by atoms with Gasteiger partial charge in [-0.2, -0.15) is 0 Å². The lowest BCUT2D eigenvalue weighted by Gasteiger charge is -2.29. The predicted octanol–water partition coefficient (Wildman–Crippen LogP) is 4.40. The number of rotatable bonds is 1. The van der Waals surface area contributed by atoms with E-state index in [4.69, 9.17) is 4.74 Å². The third-order valence-electron chi connectivity index (χ3n) is 3.82. The molecule has 0 aliphatic carbocycles. The lowest BCUT2D eigenvalue weighted by molar-refractivity contribution is 0.0270. The first-order valence-corrected chi connectivity index (χ1v) is 8.20. The maximum atomic E-state index is 12.1. The summed E-state index contributed by atoms with van der Waals surface area (Å²) >= 11 is 0. The van der Waals surface area contributed by atoms with E-state index in [0.29, 0.717) is 13.1 Å². The molecule has 0 bridgehead atoms. The predicted molar refractivity (Wildman–Crippen MR) is 93.3 cm³/mol. The minimum Gasteiger partial charge on any atom is -0.444 e. The van der Waals surface area contributed by atoms with E-state index in [9.17, 15) is 4.79 Å². The summed E-state index contributed by atoms with van der Waals surface area (Å²) in [4.78, 5) is 18.4. The second-order valence-corrected chi connectivity index (χ2v) is 8.09.